The first-order valence-electron chi connectivity index (χ1n) is 8.82. The predicted octanol–water partition coefficient (Wildman–Crippen LogP) is 4.69. The molecule has 0 aliphatic heterocycles. The van der Waals surface area contributed by atoms with Crippen LogP contribution >= 0.6 is 0 Å². The average molecular weight is 350 g/mol. The van der Waals surface area contributed by atoms with Gasteiger partial charge < -0.3 is 0 Å². The summed E-state index contributed by atoms with van der Waals surface area (Å²) in [7, 11) is 0. The molecule has 2 aromatic carbocycles. The van der Waals surface area contributed by atoms with Gasteiger partial charge in [-0.1, -0.05) is 72.8 Å². The van der Waals surface area contributed by atoms with Crippen LogP contribution < -0.4 is 0 Å². The lowest BCUT2D eigenvalue weighted by Gasteiger charge is -2.33. The Balaban J connectivity index is 2.08. The number of ketones is 1. The number of hydrogen-bond acceptors (Lipinski definition) is 3. The van der Waals surface area contributed by atoms with Crippen LogP contribution in [-0.2, 0) is 5.41 Å². The van der Waals surface area contributed by atoms with Crippen molar-refractivity contribution in [3.05, 3.63) is 132 Å². The summed E-state index contributed by atoms with van der Waals surface area (Å²) in [5.74, 6) is -0.0980. The molecule has 0 atom stereocenters. The van der Waals surface area contributed by atoms with Crippen molar-refractivity contribution in [3.63, 3.8) is 0 Å². The van der Waals surface area contributed by atoms with Crippen molar-refractivity contribution < 1.29 is 4.79 Å². The highest BCUT2D eigenvalue weighted by molar-refractivity contribution is 6.07. The van der Waals surface area contributed by atoms with Crippen LogP contribution in [0.25, 0.3) is 0 Å². The Morgan fingerprint density at radius 2 is 1.11 bits per heavy atom. The second kappa shape index (κ2) is 7.34. The summed E-state index contributed by atoms with van der Waals surface area (Å²) in [5, 5.41) is 0. The molecule has 130 valence electrons. The summed E-state index contributed by atoms with van der Waals surface area (Å²) in [6, 6.07) is 30.6. The molecule has 0 amide bonds. The van der Waals surface area contributed by atoms with E-state index in [4.69, 9.17) is 0 Å². The third-order valence-electron chi connectivity index (χ3n) is 4.70. The maximum atomic E-state index is 14.0. The molecule has 0 aliphatic carbocycles. The molecule has 3 heteroatoms. The summed E-state index contributed by atoms with van der Waals surface area (Å²) < 4.78 is 0. The van der Waals surface area contributed by atoms with E-state index < -0.39 is 5.41 Å². The van der Waals surface area contributed by atoms with Crippen molar-refractivity contribution in [1.29, 1.82) is 0 Å². The highest BCUT2D eigenvalue weighted by Gasteiger charge is 2.45. The first-order valence-corrected chi connectivity index (χ1v) is 8.82. The van der Waals surface area contributed by atoms with Gasteiger partial charge in [-0.3, -0.25) is 14.8 Å². The SMILES string of the molecule is O=C(c1ccccn1)C(c1ccccc1)(c1ccccc1)c1ccccn1. The lowest BCUT2D eigenvalue weighted by atomic mass is 9.68. The van der Waals surface area contributed by atoms with Gasteiger partial charge in [-0.2, -0.15) is 0 Å². The number of carbonyl (C=O) groups excluding carboxylic acids is 1. The van der Waals surface area contributed by atoms with Gasteiger partial charge in [0.25, 0.3) is 0 Å². The zero-order valence-corrected chi connectivity index (χ0v) is 14.7. The second-order valence-electron chi connectivity index (χ2n) is 6.24. The fourth-order valence-corrected chi connectivity index (χ4v) is 3.49. The first kappa shape index (κ1) is 16.9. The minimum absolute atomic E-state index is 0.0980. The maximum Gasteiger partial charge on any atom is 0.202 e. The molecular formula is C24H18N2O. The van der Waals surface area contributed by atoms with Crippen LogP contribution in [0.1, 0.15) is 27.3 Å². The smallest absolute Gasteiger partial charge is 0.202 e. The van der Waals surface area contributed by atoms with E-state index in [0.29, 0.717) is 11.4 Å². The van der Waals surface area contributed by atoms with Gasteiger partial charge in [-0.25, -0.2) is 0 Å². The van der Waals surface area contributed by atoms with E-state index in [0.717, 1.165) is 11.1 Å². The Morgan fingerprint density at radius 1 is 0.593 bits per heavy atom. The fourth-order valence-electron chi connectivity index (χ4n) is 3.49. The molecule has 0 saturated carbocycles. The largest absolute Gasteiger partial charge is 0.291 e. The summed E-state index contributed by atoms with van der Waals surface area (Å²) in [6.45, 7) is 0. The van der Waals surface area contributed by atoms with Gasteiger partial charge >= 0.3 is 0 Å². The Kier molecular flexibility index (Phi) is 4.58. The third-order valence-corrected chi connectivity index (χ3v) is 4.70. The molecule has 0 saturated heterocycles. The highest BCUT2D eigenvalue weighted by Crippen LogP contribution is 2.40. The van der Waals surface area contributed by atoms with E-state index in [9.17, 15) is 4.79 Å². The van der Waals surface area contributed by atoms with Crippen LogP contribution in [0.4, 0.5) is 0 Å². The zero-order valence-electron chi connectivity index (χ0n) is 14.7. The summed E-state index contributed by atoms with van der Waals surface area (Å²) >= 11 is 0. The quantitative estimate of drug-likeness (QED) is 0.490. The van der Waals surface area contributed by atoms with Gasteiger partial charge in [0, 0.05) is 12.4 Å². The monoisotopic (exact) mass is 350 g/mol. The van der Waals surface area contributed by atoms with Crippen molar-refractivity contribution in [2.75, 3.05) is 0 Å². The minimum atomic E-state index is -1.07. The van der Waals surface area contributed by atoms with Crippen molar-refractivity contribution in [2.24, 2.45) is 0 Å². The van der Waals surface area contributed by atoms with Crippen molar-refractivity contribution in [2.45, 2.75) is 5.41 Å². The molecule has 0 aliphatic rings. The van der Waals surface area contributed by atoms with Gasteiger partial charge in [-0.05, 0) is 35.4 Å². The number of pyridine rings is 2. The topological polar surface area (TPSA) is 42.9 Å². The molecule has 4 aromatic rings. The number of benzene rings is 2. The Labute approximate surface area is 158 Å². The van der Waals surface area contributed by atoms with Crippen LogP contribution in [0.5, 0.6) is 0 Å². The Bertz CT molecular complexity index is 920. The number of carbonyl (C=O) groups is 1. The molecule has 0 unspecified atom stereocenters. The van der Waals surface area contributed by atoms with Gasteiger partial charge in [0.2, 0.25) is 5.78 Å². The molecule has 0 radical (unpaired) electrons. The minimum Gasteiger partial charge on any atom is -0.291 e. The van der Waals surface area contributed by atoms with E-state index in [-0.39, 0.29) is 5.78 Å². The maximum absolute atomic E-state index is 14.0. The van der Waals surface area contributed by atoms with Gasteiger partial charge in [0.15, 0.2) is 0 Å². The number of Topliss-reactive ketones (excluding diaryl/α,β-unsaturated/α-hetero) is 1. The van der Waals surface area contributed by atoms with E-state index in [1.807, 2.05) is 91.0 Å². The van der Waals surface area contributed by atoms with Gasteiger partial charge in [0.1, 0.15) is 11.1 Å². The molecule has 0 N–H and O–H groups in total. The van der Waals surface area contributed by atoms with Crippen LogP contribution in [-0.4, -0.2) is 15.8 Å². The number of aromatic nitrogens is 2. The number of rotatable bonds is 5. The molecule has 27 heavy (non-hydrogen) atoms. The molecule has 0 spiro atoms. The average Bonchev–Trinajstić information content (AvgIpc) is 2.77. The Hall–Kier alpha value is -3.59. The second-order valence-corrected chi connectivity index (χ2v) is 6.24. The molecule has 3 nitrogen and oxygen atoms in total. The molecule has 0 fully saturated rings. The van der Waals surface area contributed by atoms with Gasteiger partial charge in [-0.15, -0.1) is 0 Å². The molecule has 2 heterocycles. The molecule has 2 aromatic heterocycles. The molecule has 4 rings (SSSR count). The van der Waals surface area contributed by atoms with Crippen molar-refractivity contribution in [3.8, 4) is 0 Å². The van der Waals surface area contributed by atoms with E-state index in [1.165, 1.54) is 0 Å². The van der Waals surface area contributed by atoms with Crippen molar-refractivity contribution in [1.82, 2.24) is 9.97 Å². The van der Waals surface area contributed by atoms with Crippen LogP contribution in [0, 0.1) is 0 Å². The van der Waals surface area contributed by atoms with E-state index in [1.54, 1.807) is 18.5 Å². The fraction of sp³-hybridized carbons (Fsp3) is 0.0417. The predicted molar refractivity (Wildman–Crippen MR) is 106 cm³/mol. The van der Waals surface area contributed by atoms with Crippen LogP contribution in [0.3, 0.4) is 0 Å². The number of hydrogen-bond donors (Lipinski definition) is 0. The lowest BCUT2D eigenvalue weighted by Crippen LogP contribution is -2.39. The first-order chi connectivity index (χ1) is 13.3. The summed E-state index contributed by atoms with van der Waals surface area (Å²) in [6.07, 6.45) is 3.37. The van der Waals surface area contributed by atoms with Crippen LogP contribution in [0.15, 0.2) is 109 Å². The number of nitrogens with zero attached hydrogens (tertiary/aromatic N) is 2. The van der Waals surface area contributed by atoms with E-state index in [2.05, 4.69) is 9.97 Å². The Morgan fingerprint density at radius 3 is 1.59 bits per heavy atom. The lowest BCUT2D eigenvalue weighted by molar-refractivity contribution is 0.0928. The molecule has 0 bridgehead atoms. The summed E-state index contributed by atoms with van der Waals surface area (Å²) in [5.41, 5.74) is 1.75. The van der Waals surface area contributed by atoms with Crippen LogP contribution in [0.2, 0.25) is 0 Å². The normalized spacial score (nSPS) is 11.1. The molecular weight excluding hydrogens is 332 g/mol. The van der Waals surface area contributed by atoms with E-state index >= 15 is 0 Å². The highest BCUT2D eigenvalue weighted by atomic mass is 16.1. The van der Waals surface area contributed by atoms with Crippen molar-refractivity contribution >= 4 is 5.78 Å². The standard InChI is InChI=1S/C24H18N2O/c27-23(21-15-7-9-17-25-21)24(19-11-3-1-4-12-19,20-13-5-2-6-14-20)22-16-8-10-18-26-22/h1-18H. The van der Waals surface area contributed by atoms with Gasteiger partial charge in [0.05, 0.1) is 5.69 Å². The zero-order chi connectivity index (χ0) is 18.5. The summed E-state index contributed by atoms with van der Waals surface area (Å²) in [4.78, 5) is 22.9. The third kappa shape index (κ3) is 2.93.